The number of nitrogens with zero attached hydrogens (tertiary/aromatic N) is 5. The summed E-state index contributed by atoms with van der Waals surface area (Å²) >= 11 is 0. The number of hydrogen-bond acceptors (Lipinski definition) is 4. The smallest absolute Gasteiger partial charge is 0.256 e. The lowest BCUT2D eigenvalue weighted by Crippen LogP contribution is -2.16. The Morgan fingerprint density at radius 3 is 2.55 bits per heavy atom. The van der Waals surface area contributed by atoms with Crippen LogP contribution in [0.5, 0.6) is 0 Å². The first-order valence-electron chi connectivity index (χ1n) is 6.95. The Balaban J connectivity index is 1.76. The van der Waals surface area contributed by atoms with E-state index in [1.54, 1.807) is 40.1 Å². The minimum Gasteiger partial charge on any atom is -0.307 e. The first-order valence-corrected chi connectivity index (χ1v) is 6.95. The number of rotatable bonds is 4. The molecule has 0 radical (unpaired) electrons. The van der Waals surface area contributed by atoms with E-state index in [9.17, 15) is 4.79 Å². The summed E-state index contributed by atoms with van der Waals surface area (Å²) in [5.41, 5.74) is 1.42. The van der Waals surface area contributed by atoms with Crippen LogP contribution in [-0.4, -0.2) is 30.5 Å². The largest absolute Gasteiger partial charge is 0.307 e. The Morgan fingerprint density at radius 1 is 1.14 bits per heavy atom. The molecule has 1 N–H and O–H groups in total. The van der Waals surface area contributed by atoms with Gasteiger partial charge in [0.2, 0.25) is 0 Å². The third kappa shape index (κ3) is 2.73. The number of aromatic nitrogens is 5. The lowest BCUT2D eigenvalue weighted by atomic mass is 10.2. The van der Waals surface area contributed by atoms with Crippen molar-refractivity contribution in [1.29, 1.82) is 0 Å². The molecule has 112 valence electrons. The summed E-state index contributed by atoms with van der Waals surface area (Å²) in [5, 5.41) is 11.1. The van der Waals surface area contributed by atoms with E-state index in [1.807, 2.05) is 26.0 Å². The molecule has 0 aliphatic heterocycles. The van der Waals surface area contributed by atoms with Gasteiger partial charge in [0.1, 0.15) is 18.5 Å². The van der Waals surface area contributed by atoms with Gasteiger partial charge in [0.15, 0.2) is 0 Å². The molecule has 22 heavy (non-hydrogen) atoms. The highest BCUT2D eigenvalue weighted by Crippen LogP contribution is 2.15. The maximum Gasteiger partial charge on any atom is 0.256 e. The molecular weight excluding hydrogens is 280 g/mol. The number of amides is 1. The van der Waals surface area contributed by atoms with Crippen molar-refractivity contribution < 1.29 is 4.79 Å². The minimum absolute atomic E-state index is 0.174. The van der Waals surface area contributed by atoms with Gasteiger partial charge in [-0.05, 0) is 38.1 Å². The standard InChI is InChI=1S/C15H16N6O/c1-11(2)21-14(7-8-17-21)19-15(22)12-3-5-13(6-4-12)20-10-16-9-18-20/h3-11H,1-2H3,(H,19,22). The zero-order chi connectivity index (χ0) is 15.5. The summed E-state index contributed by atoms with van der Waals surface area (Å²) in [4.78, 5) is 16.2. The molecule has 0 bridgehead atoms. The van der Waals surface area contributed by atoms with Crippen molar-refractivity contribution in [2.75, 3.05) is 5.32 Å². The van der Waals surface area contributed by atoms with E-state index < -0.39 is 0 Å². The molecule has 3 aromatic rings. The first-order chi connectivity index (χ1) is 10.6. The van der Waals surface area contributed by atoms with Gasteiger partial charge in [-0.3, -0.25) is 4.79 Å². The normalized spacial score (nSPS) is 10.9. The fourth-order valence-corrected chi connectivity index (χ4v) is 2.12. The fourth-order valence-electron chi connectivity index (χ4n) is 2.12. The van der Waals surface area contributed by atoms with Gasteiger partial charge >= 0.3 is 0 Å². The molecule has 2 heterocycles. The van der Waals surface area contributed by atoms with Crippen LogP contribution in [0.2, 0.25) is 0 Å². The van der Waals surface area contributed by atoms with Crippen molar-refractivity contribution in [1.82, 2.24) is 24.5 Å². The molecule has 0 atom stereocenters. The van der Waals surface area contributed by atoms with E-state index in [0.29, 0.717) is 11.4 Å². The van der Waals surface area contributed by atoms with Gasteiger partial charge in [-0.2, -0.15) is 10.2 Å². The van der Waals surface area contributed by atoms with Crippen molar-refractivity contribution >= 4 is 11.7 Å². The number of carbonyl (C=O) groups is 1. The molecule has 0 aliphatic carbocycles. The van der Waals surface area contributed by atoms with Crippen molar-refractivity contribution in [2.45, 2.75) is 19.9 Å². The summed E-state index contributed by atoms with van der Waals surface area (Å²) < 4.78 is 3.40. The molecule has 1 amide bonds. The number of benzene rings is 1. The molecule has 7 heteroatoms. The maximum atomic E-state index is 12.3. The van der Waals surface area contributed by atoms with Gasteiger partial charge in [0, 0.05) is 17.7 Å². The van der Waals surface area contributed by atoms with Gasteiger partial charge in [-0.1, -0.05) is 0 Å². The summed E-state index contributed by atoms with van der Waals surface area (Å²) in [7, 11) is 0. The molecule has 2 aromatic heterocycles. The van der Waals surface area contributed by atoms with Gasteiger partial charge < -0.3 is 5.32 Å². The Bertz CT molecular complexity index is 758. The molecule has 3 rings (SSSR count). The van der Waals surface area contributed by atoms with E-state index in [4.69, 9.17) is 0 Å². The van der Waals surface area contributed by atoms with Gasteiger partial charge in [-0.15, -0.1) is 0 Å². The maximum absolute atomic E-state index is 12.3. The SMILES string of the molecule is CC(C)n1nccc1NC(=O)c1ccc(-n2cncn2)cc1. The van der Waals surface area contributed by atoms with Crippen LogP contribution in [0.1, 0.15) is 30.2 Å². The van der Waals surface area contributed by atoms with Crippen molar-refractivity contribution in [2.24, 2.45) is 0 Å². The third-order valence-electron chi connectivity index (χ3n) is 3.21. The quantitative estimate of drug-likeness (QED) is 0.801. The van der Waals surface area contributed by atoms with E-state index in [0.717, 1.165) is 5.69 Å². The number of anilines is 1. The Morgan fingerprint density at radius 2 is 1.91 bits per heavy atom. The third-order valence-corrected chi connectivity index (χ3v) is 3.21. The Kier molecular flexibility index (Phi) is 3.69. The molecule has 0 unspecified atom stereocenters. The second kappa shape index (κ2) is 5.80. The highest BCUT2D eigenvalue weighted by Gasteiger charge is 2.11. The monoisotopic (exact) mass is 296 g/mol. The molecule has 0 aliphatic rings. The highest BCUT2D eigenvalue weighted by atomic mass is 16.1. The molecule has 0 spiro atoms. The van der Waals surface area contributed by atoms with Crippen molar-refractivity contribution in [3.63, 3.8) is 0 Å². The predicted molar refractivity (Wildman–Crippen MR) is 81.9 cm³/mol. The second-order valence-corrected chi connectivity index (χ2v) is 5.10. The van der Waals surface area contributed by atoms with Gasteiger partial charge in [0.05, 0.1) is 11.9 Å². The van der Waals surface area contributed by atoms with Crippen LogP contribution < -0.4 is 5.32 Å². The van der Waals surface area contributed by atoms with E-state index in [2.05, 4.69) is 20.5 Å². The number of carbonyl (C=O) groups excluding carboxylic acids is 1. The van der Waals surface area contributed by atoms with Gasteiger partial charge in [0.25, 0.3) is 5.91 Å². The summed E-state index contributed by atoms with van der Waals surface area (Å²) in [5.74, 6) is 0.507. The van der Waals surface area contributed by atoms with Crippen molar-refractivity contribution in [3.05, 3.63) is 54.7 Å². The average Bonchev–Trinajstić information content (AvgIpc) is 3.18. The summed E-state index contributed by atoms with van der Waals surface area (Å²) in [6.45, 7) is 4.02. The molecule has 7 nitrogen and oxygen atoms in total. The topological polar surface area (TPSA) is 77.6 Å². The van der Waals surface area contributed by atoms with E-state index >= 15 is 0 Å². The lowest BCUT2D eigenvalue weighted by molar-refractivity contribution is 0.102. The fraction of sp³-hybridized carbons (Fsp3) is 0.200. The Hall–Kier alpha value is -2.96. The van der Waals surface area contributed by atoms with Crippen LogP contribution in [0.15, 0.2) is 49.2 Å². The van der Waals surface area contributed by atoms with Crippen LogP contribution in [0.25, 0.3) is 5.69 Å². The highest BCUT2D eigenvalue weighted by molar-refractivity contribution is 6.03. The molecule has 0 saturated carbocycles. The van der Waals surface area contributed by atoms with E-state index in [1.165, 1.54) is 6.33 Å². The molecule has 0 fully saturated rings. The predicted octanol–water partition coefficient (Wildman–Crippen LogP) is 2.30. The molecule has 1 aromatic carbocycles. The lowest BCUT2D eigenvalue weighted by Gasteiger charge is -2.12. The van der Waals surface area contributed by atoms with Crippen LogP contribution in [-0.2, 0) is 0 Å². The van der Waals surface area contributed by atoms with Gasteiger partial charge in [-0.25, -0.2) is 14.3 Å². The van der Waals surface area contributed by atoms with Crippen LogP contribution in [0.3, 0.4) is 0 Å². The average molecular weight is 296 g/mol. The number of hydrogen-bond donors (Lipinski definition) is 1. The zero-order valence-corrected chi connectivity index (χ0v) is 12.3. The number of nitrogens with one attached hydrogen (secondary N) is 1. The first kappa shape index (κ1) is 14.0. The van der Waals surface area contributed by atoms with E-state index in [-0.39, 0.29) is 11.9 Å². The summed E-state index contributed by atoms with van der Waals surface area (Å²) in [6, 6.07) is 9.11. The summed E-state index contributed by atoms with van der Waals surface area (Å²) in [6.07, 6.45) is 4.74. The van der Waals surface area contributed by atoms with Crippen LogP contribution >= 0.6 is 0 Å². The van der Waals surface area contributed by atoms with Crippen LogP contribution in [0, 0.1) is 0 Å². The molecule has 0 saturated heterocycles. The zero-order valence-electron chi connectivity index (χ0n) is 12.3. The second-order valence-electron chi connectivity index (χ2n) is 5.10. The Labute approximate surface area is 127 Å². The minimum atomic E-state index is -0.174. The molecular formula is C15H16N6O. The van der Waals surface area contributed by atoms with Crippen LogP contribution in [0.4, 0.5) is 5.82 Å². The van der Waals surface area contributed by atoms with Crippen molar-refractivity contribution in [3.8, 4) is 5.69 Å².